The lowest BCUT2D eigenvalue weighted by Crippen LogP contribution is -2.36. The van der Waals surface area contributed by atoms with Crippen LogP contribution in [0.15, 0.2) is 18.2 Å². The van der Waals surface area contributed by atoms with Gasteiger partial charge in [-0.25, -0.2) is 5.01 Å². The molecule has 0 atom stereocenters. The Kier molecular flexibility index (Phi) is 3.33. The SMILES string of the molecule is CN(C)NC(=O)c1cc(N)cc(Cl)c1. The Balaban J connectivity index is 2.90. The standard InChI is InChI=1S/C9H12ClN3O/c1-13(2)12-9(14)6-3-7(10)5-8(11)4-6/h3-5H,11H2,1-2H3,(H,12,14). The van der Waals surface area contributed by atoms with Gasteiger partial charge in [0.05, 0.1) is 0 Å². The van der Waals surface area contributed by atoms with Crippen molar-refractivity contribution in [1.29, 1.82) is 0 Å². The van der Waals surface area contributed by atoms with E-state index in [4.69, 9.17) is 17.3 Å². The number of nitrogens with zero attached hydrogens (tertiary/aromatic N) is 1. The molecule has 4 nitrogen and oxygen atoms in total. The van der Waals surface area contributed by atoms with E-state index in [1.807, 2.05) is 0 Å². The van der Waals surface area contributed by atoms with Crippen molar-refractivity contribution < 1.29 is 4.79 Å². The van der Waals surface area contributed by atoms with Crippen LogP contribution in [0.25, 0.3) is 0 Å². The molecule has 5 heteroatoms. The summed E-state index contributed by atoms with van der Waals surface area (Å²) in [5.41, 5.74) is 9.07. The first kappa shape index (κ1) is 10.8. The number of nitrogens with one attached hydrogen (secondary N) is 1. The molecule has 0 radical (unpaired) electrons. The van der Waals surface area contributed by atoms with E-state index in [0.717, 1.165) is 0 Å². The van der Waals surface area contributed by atoms with Crippen LogP contribution in [0.5, 0.6) is 0 Å². The van der Waals surface area contributed by atoms with E-state index in [0.29, 0.717) is 16.3 Å². The third-order valence-corrected chi connectivity index (χ3v) is 1.73. The Bertz CT molecular complexity index is 332. The highest BCUT2D eigenvalue weighted by molar-refractivity contribution is 6.31. The number of hydrogen-bond acceptors (Lipinski definition) is 3. The number of nitrogens with two attached hydrogens (primary N) is 1. The first-order chi connectivity index (χ1) is 6.49. The highest BCUT2D eigenvalue weighted by Crippen LogP contribution is 2.16. The lowest BCUT2D eigenvalue weighted by molar-refractivity contribution is 0.0857. The average Bonchev–Trinajstić information content (AvgIpc) is 2.00. The molecule has 1 aromatic carbocycles. The largest absolute Gasteiger partial charge is 0.399 e. The number of anilines is 1. The second-order valence-corrected chi connectivity index (χ2v) is 3.55. The second kappa shape index (κ2) is 4.30. The minimum absolute atomic E-state index is 0.232. The highest BCUT2D eigenvalue weighted by atomic mass is 35.5. The minimum atomic E-state index is -0.232. The molecule has 0 saturated heterocycles. The molecule has 0 unspecified atom stereocenters. The number of amides is 1. The van der Waals surface area contributed by atoms with Crippen molar-refractivity contribution in [3.8, 4) is 0 Å². The molecule has 1 aromatic rings. The van der Waals surface area contributed by atoms with Crippen molar-refractivity contribution in [2.45, 2.75) is 0 Å². The van der Waals surface area contributed by atoms with Crippen molar-refractivity contribution in [3.05, 3.63) is 28.8 Å². The van der Waals surface area contributed by atoms with Crippen LogP contribution < -0.4 is 11.2 Å². The van der Waals surface area contributed by atoms with Gasteiger partial charge in [-0.2, -0.15) is 0 Å². The maximum Gasteiger partial charge on any atom is 0.265 e. The van der Waals surface area contributed by atoms with Gasteiger partial charge in [-0.3, -0.25) is 10.2 Å². The number of benzene rings is 1. The summed E-state index contributed by atoms with van der Waals surface area (Å²) in [4.78, 5) is 11.5. The maximum absolute atomic E-state index is 11.5. The zero-order valence-corrected chi connectivity index (χ0v) is 8.80. The molecule has 0 fully saturated rings. The number of rotatable bonds is 2. The zero-order chi connectivity index (χ0) is 10.7. The van der Waals surface area contributed by atoms with E-state index >= 15 is 0 Å². The summed E-state index contributed by atoms with van der Waals surface area (Å²) < 4.78 is 0. The molecular formula is C9H12ClN3O. The third kappa shape index (κ3) is 2.90. The van der Waals surface area contributed by atoms with Gasteiger partial charge in [0.1, 0.15) is 0 Å². The van der Waals surface area contributed by atoms with Crippen LogP contribution in [0.1, 0.15) is 10.4 Å². The van der Waals surface area contributed by atoms with Gasteiger partial charge in [-0.05, 0) is 18.2 Å². The molecule has 0 spiro atoms. The fraction of sp³-hybridized carbons (Fsp3) is 0.222. The molecule has 0 bridgehead atoms. The number of nitrogen functional groups attached to an aromatic ring is 1. The third-order valence-electron chi connectivity index (χ3n) is 1.51. The molecule has 3 N–H and O–H groups in total. The Morgan fingerprint density at radius 2 is 2.07 bits per heavy atom. The number of carbonyl (C=O) groups excluding carboxylic acids is 1. The van der Waals surface area contributed by atoms with Crippen LogP contribution in [0.4, 0.5) is 5.69 Å². The Labute approximate surface area is 87.6 Å². The van der Waals surface area contributed by atoms with Crippen LogP contribution >= 0.6 is 11.6 Å². The molecule has 1 rings (SSSR count). The summed E-state index contributed by atoms with van der Waals surface area (Å²) in [7, 11) is 3.46. The molecule has 1 amide bonds. The number of hydrazine groups is 1. The molecule has 14 heavy (non-hydrogen) atoms. The second-order valence-electron chi connectivity index (χ2n) is 3.11. The van der Waals surface area contributed by atoms with E-state index in [9.17, 15) is 4.79 Å². The van der Waals surface area contributed by atoms with Crippen molar-refractivity contribution in [2.75, 3.05) is 19.8 Å². The van der Waals surface area contributed by atoms with Gasteiger partial charge < -0.3 is 5.73 Å². The zero-order valence-electron chi connectivity index (χ0n) is 8.04. The van der Waals surface area contributed by atoms with E-state index in [2.05, 4.69) is 5.43 Å². The highest BCUT2D eigenvalue weighted by Gasteiger charge is 2.07. The Hall–Kier alpha value is -1.26. The predicted octanol–water partition coefficient (Wildman–Crippen LogP) is 1.13. The molecule has 0 aliphatic rings. The Morgan fingerprint density at radius 1 is 1.43 bits per heavy atom. The molecule has 0 aliphatic heterocycles. The number of carbonyl (C=O) groups is 1. The van der Waals surface area contributed by atoms with Crippen molar-refractivity contribution in [3.63, 3.8) is 0 Å². The Morgan fingerprint density at radius 3 is 2.57 bits per heavy atom. The normalized spacial score (nSPS) is 10.3. The summed E-state index contributed by atoms with van der Waals surface area (Å²) in [5, 5.41) is 2.01. The molecule has 0 saturated carbocycles. The molecule has 0 aromatic heterocycles. The van der Waals surface area contributed by atoms with Gasteiger partial charge in [-0.15, -0.1) is 0 Å². The van der Waals surface area contributed by atoms with Crippen LogP contribution in [0.3, 0.4) is 0 Å². The summed E-state index contributed by atoms with van der Waals surface area (Å²) in [6.45, 7) is 0. The number of halogens is 1. The van der Waals surface area contributed by atoms with E-state index in [1.165, 1.54) is 0 Å². The van der Waals surface area contributed by atoms with E-state index in [1.54, 1.807) is 37.3 Å². The van der Waals surface area contributed by atoms with Crippen molar-refractivity contribution in [1.82, 2.24) is 10.4 Å². The fourth-order valence-corrected chi connectivity index (χ4v) is 1.25. The lowest BCUT2D eigenvalue weighted by Gasteiger charge is -2.12. The summed E-state index contributed by atoms with van der Waals surface area (Å²) in [6, 6.07) is 4.73. The van der Waals surface area contributed by atoms with E-state index < -0.39 is 0 Å². The van der Waals surface area contributed by atoms with Crippen LogP contribution in [-0.2, 0) is 0 Å². The summed E-state index contributed by atoms with van der Waals surface area (Å²) in [6.07, 6.45) is 0. The first-order valence-electron chi connectivity index (χ1n) is 4.03. The quantitative estimate of drug-likeness (QED) is 0.572. The van der Waals surface area contributed by atoms with Crippen molar-refractivity contribution in [2.24, 2.45) is 0 Å². The number of hydrogen-bond donors (Lipinski definition) is 2. The van der Waals surface area contributed by atoms with Crippen molar-refractivity contribution >= 4 is 23.2 Å². The van der Waals surface area contributed by atoms with Gasteiger partial charge in [-0.1, -0.05) is 11.6 Å². The van der Waals surface area contributed by atoms with Gasteiger partial charge in [0.25, 0.3) is 5.91 Å². The van der Waals surface area contributed by atoms with Gasteiger partial charge >= 0.3 is 0 Å². The minimum Gasteiger partial charge on any atom is -0.399 e. The topological polar surface area (TPSA) is 58.4 Å². The summed E-state index contributed by atoms with van der Waals surface area (Å²) >= 11 is 5.76. The molecular weight excluding hydrogens is 202 g/mol. The van der Waals surface area contributed by atoms with Gasteiger partial charge in [0.15, 0.2) is 0 Å². The van der Waals surface area contributed by atoms with E-state index in [-0.39, 0.29) is 5.91 Å². The van der Waals surface area contributed by atoms with Crippen LogP contribution in [0.2, 0.25) is 5.02 Å². The maximum atomic E-state index is 11.5. The molecule has 0 heterocycles. The van der Waals surface area contributed by atoms with Gasteiger partial charge in [0, 0.05) is 30.4 Å². The first-order valence-corrected chi connectivity index (χ1v) is 4.41. The molecule has 76 valence electrons. The van der Waals surface area contributed by atoms with Crippen LogP contribution in [0, 0.1) is 0 Å². The monoisotopic (exact) mass is 213 g/mol. The average molecular weight is 214 g/mol. The predicted molar refractivity (Wildman–Crippen MR) is 57.0 cm³/mol. The van der Waals surface area contributed by atoms with Gasteiger partial charge in [0.2, 0.25) is 0 Å². The lowest BCUT2D eigenvalue weighted by atomic mass is 10.2. The van der Waals surface area contributed by atoms with Crippen LogP contribution in [-0.4, -0.2) is 25.0 Å². The fourth-order valence-electron chi connectivity index (χ4n) is 1.01. The smallest absolute Gasteiger partial charge is 0.265 e. The summed E-state index contributed by atoms with van der Waals surface area (Å²) in [5.74, 6) is -0.232. The molecule has 0 aliphatic carbocycles.